The Morgan fingerprint density at radius 2 is 2.04 bits per heavy atom. The van der Waals surface area contributed by atoms with Crippen LogP contribution in [-0.4, -0.2) is 42.0 Å². The van der Waals surface area contributed by atoms with Crippen molar-refractivity contribution in [1.82, 2.24) is 9.78 Å². The van der Waals surface area contributed by atoms with Crippen LogP contribution >= 0.6 is 0 Å². The number of para-hydroxylation sites is 1. The van der Waals surface area contributed by atoms with Crippen LogP contribution in [0.5, 0.6) is 0 Å². The van der Waals surface area contributed by atoms with Gasteiger partial charge < -0.3 is 15.0 Å². The molecule has 0 unspecified atom stereocenters. The molecule has 3 rings (SSSR count). The van der Waals surface area contributed by atoms with E-state index in [1.54, 1.807) is 6.20 Å². The first-order valence-corrected chi connectivity index (χ1v) is 8.46. The summed E-state index contributed by atoms with van der Waals surface area (Å²) in [5.74, 6) is 0.677. The fourth-order valence-corrected chi connectivity index (χ4v) is 2.94. The molecule has 6 nitrogen and oxygen atoms in total. The highest BCUT2D eigenvalue weighted by molar-refractivity contribution is 6.08. The molecular formula is C18H24N4O2. The molecule has 6 heteroatoms. The molecule has 2 aromatic rings. The molecule has 1 N–H and O–H groups in total. The van der Waals surface area contributed by atoms with E-state index in [1.165, 1.54) is 0 Å². The minimum absolute atomic E-state index is 0.0990. The Kier molecular flexibility index (Phi) is 5.15. The number of morpholine rings is 1. The minimum Gasteiger partial charge on any atom is -0.378 e. The molecule has 1 aliphatic heterocycles. The molecule has 0 spiro atoms. The van der Waals surface area contributed by atoms with Gasteiger partial charge in [0, 0.05) is 30.9 Å². The molecule has 0 aliphatic carbocycles. The molecule has 24 heavy (non-hydrogen) atoms. The van der Waals surface area contributed by atoms with Gasteiger partial charge in [0.25, 0.3) is 5.91 Å². The second-order valence-corrected chi connectivity index (χ2v) is 5.97. The summed E-state index contributed by atoms with van der Waals surface area (Å²) in [6.45, 7) is 7.83. The Morgan fingerprint density at radius 3 is 2.79 bits per heavy atom. The van der Waals surface area contributed by atoms with Gasteiger partial charge in [-0.1, -0.05) is 19.1 Å². The lowest BCUT2D eigenvalue weighted by Gasteiger charge is -2.30. The van der Waals surface area contributed by atoms with Crippen LogP contribution in [0, 0.1) is 6.92 Å². The van der Waals surface area contributed by atoms with Crippen molar-refractivity contribution in [3.8, 4) is 0 Å². The van der Waals surface area contributed by atoms with Crippen molar-refractivity contribution in [3.63, 3.8) is 0 Å². The van der Waals surface area contributed by atoms with Gasteiger partial charge in [-0.25, -0.2) is 4.68 Å². The maximum Gasteiger partial charge on any atom is 0.258 e. The quantitative estimate of drug-likeness (QED) is 0.917. The number of nitrogens with zero attached hydrogens (tertiary/aromatic N) is 3. The van der Waals surface area contributed by atoms with E-state index in [-0.39, 0.29) is 5.91 Å². The largest absolute Gasteiger partial charge is 0.378 e. The van der Waals surface area contributed by atoms with Crippen molar-refractivity contribution in [1.29, 1.82) is 0 Å². The van der Waals surface area contributed by atoms with E-state index in [2.05, 4.69) is 22.2 Å². The maximum absolute atomic E-state index is 12.9. The Hall–Kier alpha value is -2.34. The number of nitrogens with one attached hydrogen (secondary N) is 1. The van der Waals surface area contributed by atoms with E-state index in [4.69, 9.17) is 4.74 Å². The number of aryl methyl sites for hydroxylation is 2. The Bertz CT molecular complexity index is 705. The van der Waals surface area contributed by atoms with Crippen LogP contribution in [0.3, 0.4) is 0 Å². The number of rotatable bonds is 5. The summed E-state index contributed by atoms with van der Waals surface area (Å²) in [5.41, 5.74) is 2.61. The Labute approximate surface area is 142 Å². The third-order valence-electron chi connectivity index (χ3n) is 4.19. The van der Waals surface area contributed by atoms with Gasteiger partial charge in [-0.05, 0) is 25.5 Å². The normalized spacial score (nSPS) is 14.7. The van der Waals surface area contributed by atoms with Crippen molar-refractivity contribution >= 4 is 17.4 Å². The van der Waals surface area contributed by atoms with Gasteiger partial charge >= 0.3 is 0 Å². The summed E-state index contributed by atoms with van der Waals surface area (Å²) in [6, 6.07) is 7.73. The van der Waals surface area contributed by atoms with E-state index in [0.29, 0.717) is 18.8 Å². The van der Waals surface area contributed by atoms with Crippen LogP contribution in [0.15, 0.2) is 30.5 Å². The van der Waals surface area contributed by atoms with Gasteiger partial charge in [-0.3, -0.25) is 4.79 Å². The van der Waals surface area contributed by atoms with Gasteiger partial charge in [0.1, 0.15) is 5.82 Å². The average molecular weight is 328 g/mol. The second kappa shape index (κ2) is 7.49. The number of benzene rings is 1. The van der Waals surface area contributed by atoms with E-state index in [1.807, 2.05) is 35.9 Å². The van der Waals surface area contributed by atoms with Crippen molar-refractivity contribution in [3.05, 3.63) is 41.6 Å². The SMILES string of the molecule is CCCn1ncc(C)c1NC(=O)c1ccccc1N1CCOCC1. The average Bonchev–Trinajstić information content (AvgIpc) is 2.96. The van der Waals surface area contributed by atoms with Crippen molar-refractivity contribution in [2.24, 2.45) is 0 Å². The molecule has 1 amide bonds. The zero-order valence-corrected chi connectivity index (χ0v) is 14.3. The topological polar surface area (TPSA) is 59.4 Å². The number of anilines is 2. The van der Waals surface area contributed by atoms with E-state index < -0.39 is 0 Å². The van der Waals surface area contributed by atoms with E-state index >= 15 is 0 Å². The molecule has 1 aromatic heterocycles. The fourth-order valence-electron chi connectivity index (χ4n) is 2.94. The molecule has 1 aliphatic rings. The maximum atomic E-state index is 12.9. The van der Waals surface area contributed by atoms with Crippen LogP contribution in [0.4, 0.5) is 11.5 Å². The highest BCUT2D eigenvalue weighted by Crippen LogP contribution is 2.23. The highest BCUT2D eigenvalue weighted by Gasteiger charge is 2.20. The van der Waals surface area contributed by atoms with Crippen LogP contribution in [-0.2, 0) is 11.3 Å². The molecule has 1 fully saturated rings. The lowest BCUT2D eigenvalue weighted by atomic mass is 10.1. The first-order chi connectivity index (χ1) is 11.7. The molecular weight excluding hydrogens is 304 g/mol. The summed E-state index contributed by atoms with van der Waals surface area (Å²) in [5, 5.41) is 7.38. The molecule has 1 aromatic carbocycles. The van der Waals surface area contributed by atoms with Gasteiger partial charge in [0.15, 0.2) is 0 Å². The Balaban J connectivity index is 1.84. The smallest absolute Gasteiger partial charge is 0.258 e. The van der Waals surface area contributed by atoms with Crippen LogP contribution in [0.25, 0.3) is 0 Å². The zero-order valence-electron chi connectivity index (χ0n) is 14.3. The lowest BCUT2D eigenvalue weighted by Crippen LogP contribution is -2.37. The van der Waals surface area contributed by atoms with E-state index in [9.17, 15) is 4.79 Å². The third kappa shape index (κ3) is 3.43. The molecule has 0 saturated carbocycles. The summed E-state index contributed by atoms with van der Waals surface area (Å²) in [4.78, 5) is 15.1. The standard InChI is InChI=1S/C18H24N4O2/c1-3-8-22-17(14(2)13-19-22)20-18(23)15-6-4-5-7-16(15)21-9-11-24-12-10-21/h4-7,13H,3,8-12H2,1-2H3,(H,20,23). The first-order valence-electron chi connectivity index (χ1n) is 8.46. The van der Waals surface area contributed by atoms with Gasteiger partial charge in [-0.15, -0.1) is 0 Å². The highest BCUT2D eigenvalue weighted by atomic mass is 16.5. The minimum atomic E-state index is -0.0990. The number of hydrogen-bond acceptors (Lipinski definition) is 4. The predicted octanol–water partition coefficient (Wildman–Crippen LogP) is 2.69. The van der Waals surface area contributed by atoms with Gasteiger partial charge in [0.05, 0.1) is 25.0 Å². The number of carbonyl (C=O) groups is 1. The van der Waals surface area contributed by atoms with Crippen molar-refractivity contribution < 1.29 is 9.53 Å². The summed E-state index contributed by atoms with van der Waals surface area (Å²) >= 11 is 0. The number of hydrogen-bond donors (Lipinski definition) is 1. The Morgan fingerprint density at radius 1 is 1.29 bits per heavy atom. The molecule has 1 saturated heterocycles. The van der Waals surface area contributed by atoms with Crippen LogP contribution < -0.4 is 10.2 Å². The number of amides is 1. The summed E-state index contributed by atoms with van der Waals surface area (Å²) in [7, 11) is 0. The van der Waals surface area contributed by atoms with Crippen LogP contribution in [0.1, 0.15) is 29.3 Å². The predicted molar refractivity (Wildman–Crippen MR) is 94.7 cm³/mol. The monoisotopic (exact) mass is 328 g/mol. The van der Waals surface area contributed by atoms with Gasteiger partial charge in [0.2, 0.25) is 0 Å². The zero-order chi connectivity index (χ0) is 16.9. The molecule has 128 valence electrons. The molecule has 0 bridgehead atoms. The van der Waals surface area contributed by atoms with E-state index in [0.717, 1.165) is 43.1 Å². The van der Waals surface area contributed by atoms with Crippen molar-refractivity contribution in [2.75, 3.05) is 36.5 Å². The number of carbonyl (C=O) groups excluding carboxylic acids is 1. The fraction of sp³-hybridized carbons (Fsp3) is 0.444. The second-order valence-electron chi connectivity index (χ2n) is 5.97. The summed E-state index contributed by atoms with van der Waals surface area (Å²) in [6.07, 6.45) is 2.76. The number of aromatic nitrogens is 2. The molecule has 0 radical (unpaired) electrons. The molecule has 0 atom stereocenters. The summed E-state index contributed by atoms with van der Waals surface area (Å²) < 4.78 is 7.26. The van der Waals surface area contributed by atoms with Crippen LogP contribution in [0.2, 0.25) is 0 Å². The van der Waals surface area contributed by atoms with Crippen molar-refractivity contribution in [2.45, 2.75) is 26.8 Å². The first kappa shape index (κ1) is 16.5. The molecule has 2 heterocycles. The number of ether oxygens (including phenoxy) is 1. The third-order valence-corrected chi connectivity index (χ3v) is 4.19. The lowest BCUT2D eigenvalue weighted by molar-refractivity contribution is 0.102. The van der Waals surface area contributed by atoms with Gasteiger partial charge in [-0.2, -0.15) is 5.10 Å².